The molecule has 1 aliphatic rings. The molecule has 0 saturated heterocycles. The van der Waals surface area contributed by atoms with E-state index >= 15 is 0 Å². The number of benzene rings is 3. The molecule has 3 heterocycles. The Balaban J connectivity index is 1.55. The number of nitrogens with one attached hydrogen (secondary N) is 1. The van der Waals surface area contributed by atoms with Crippen molar-refractivity contribution in [3.8, 4) is 22.7 Å². The number of nitrogens with zero attached hydrogens (tertiary/aromatic N) is 4. The number of thioether (sulfide) groups is 1. The minimum atomic E-state index is -0.330. The number of carbonyl (C=O) groups is 2. The molecule has 5 aromatic rings. The summed E-state index contributed by atoms with van der Waals surface area (Å²) in [5.74, 6) is 0.792. The maximum Gasteiger partial charge on any atom is 0.240 e. The summed E-state index contributed by atoms with van der Waals surface area (Å²) < 4.78 is 7.47. The van der Waals surface area contributed by atoms with Crippen molar-refractivity contribution < 1.29 is 14.3 Å². The SMILES string of the molecule is COc1ccccc1C1SCC(=O)N(CC(=O)NCc2ccccn2)c2c1c(-c1ccccc1)nn2-c1ccccc1Cl. The molecular weight excluding hydrogens is 582 g/mol. The van der Waals surface area contributed by atoms with Crippen molar-refractivity contribution in [2.24, 2.45) is 0 Å². The number of hydrogen-bond acceptors (Lipinski definition) is 6. The highest BCUT2D eigenvalue weighted by atomic mass is 35.5. The molecule has 1 atom stereocenters. The molecule has 8 nitrogen and oxygen atoms in total. The second kappa shape index (κ2) is 12.7. The molecule has 0 radical (unpaired) electrons. The van der Waals surface area contributed by atoms with Crippen molar-refractivity contribution in [1.29, 1.82) is 0 Å². The normalized spacial score (nSPS) is 14.6. The van der Waals surface area contributed by atoms with Crippen LogP contribution in [0.4, 0.5) is 5.82 Å². The minimum Gasteiger partial charge on any atom is -0.496 e. The van der Waals surface area contributed by atoms with Crippen LogP contribution in [-0.2, 0) is 16.1 Å². The lowest BCUT2D eigenvalue weighted by Crippen LogP contribution is -2.42. The van der Waals surface area contributed by atoms with Crippen molar-refractivity contribution in [1.82, 2.24) is 20.1 Å². The number of amides is 2. The van der Waals surface area contributed by atoms with Gasteiger partial charge in [-0.15, -0.1) is 11.8 Å². The third kappa shape index (κ3) is 5.86. The Kier molecular flexibility index (Phi) is 8.44. The summed E-state index contributed by atoms with van der Waals surface area (Å²) in [4.78, 5) is 33.1. The Morgan fingerprint density at radius 3 is 2.51 bits per heavy atom. The fourth-order valence-electron chi connectivity index (χ4n) is 5.14. The van der Waals surface area contributed by atoms with E-state index in [9.17, 15) is 9.59 Å². The zero-order chi connectivity index (χ0) is 29.8. The average molecular weight is 610 g/mol. The maximum atomic E-state index is 13.9. The van der Waals surface area contributed by atoms with E-state index in [4.69, 9.17) is 21.4 Å². The van der Waals surface area contributed by atoms with Gasteiger partial charge in [-0.3, -0.25) is 19.5 Å². The number of methoxy groups -OCH3 is 1. The van der Waals surface area contributed by atoms with Crippen LogP contribution >= 0.6 is 23.4 Å². The summed E-state index contributed by atoms with van der Waals surface area (Å²) >= 11 is 8.21. The molecule has 0 spiro atoms. The summed E-state index contributed by atoms with van der Waals surface area (Å²) in [6.07, 6.45) is 1.68. The first kappa shape index (κ1) is 28.5. The van der Waals surface area contributed by atoms with Crippen LogP contribution in [0.1, 0.15) is 22.1 Å². The lowest BCUT2D eigenvalue weighted by atomic mass is 9.99. The lowest BCUT2D eigenvalue weighted by molar-refractivity contribution is -0.123. The van der Waals surface area contributed by atoms with E-state index in [0.29, 0.717) is 28.0 Å². The second-order valence-corrected chi connectivity index (χ2v) is 11.3. The van der Waals surface area contributed by atoms with E-state index in [1.807, 2.05) is 91.0 Å². The van der Waals surface area contributed by atoms with Gasteiger partial charge in [-0.05, 0) is 30.3 Å². The van der Waals surface area contributed by atoms with Gasteiger partial charge in [0.15, 0.2) is 0 Å². The number of carbonyl (C=O) groups excluding carboxylic acids is 2. The molecule has 1 unspecified atom stereocenters. The number of anilines is 1. The Hall–Kier alpha value is -4.60. The number of pyridine rings is 1. The van der Waals surface area contributed by atoms with E-state index < -0.39 is 0 Å². The molecule has 43 heavy (non-hydrogen) atoms. The van der Waals surface area contributed by atoms with Gasteiger partial charge < -0.3 is 10.1 Å². The number of hydrogen-bond donors (Lipinski definition) is 1. The molecule has 216 valence electrons. The summed E-state index contributed by atoms with van der Waals surface area (Å²) in [6.45, 7) is 0.0361. The Labute approximate surface area is 258 Å². The van der Waals surface area contributed by atoms with Gasteiger partial charge in [0, 0.05) is 22.9 Å². The topological polar surface area (TPSA) is 89.3 Å². The molecule has 6 rings (SSSR count). The molecular formula is C33H28ClN5O3S. The van der Waals surface area contributed by atoms with E-state index in [1.54, 1.807) is 24.1 Å². The molecule has 2 aromatic heterocycles. The van der Waals surface area contributed by atoms with Crippen LogP contribution in [0, 0.1) is 0 Å². The molecule has 10 heteroatoms. The number of halogens is 1. The first-order valence-electron chi connectivity index (χ1n) is 13.7. The highest BCUT2D eigenvalue weighted by molar-refractivity contribution is 8.00. The van der Waals surface area contributed by atoms with Gasteiger partial charge in [0.25, 0.3) is 0 Å². The highest BCUT2D eigenvalue weighted by Crippen LogP contribution is 2.50. The third-order valence-electron chi connectivity index (χ3n) is 7.13. The molecule has 2 amide bonds. The van der Waals surface area contributed by atoms with E-state index in [-0.39, 0.29) is 35.9 Å². The monoisotopic (exact) mass is 609 g/mol. The first-order valence-corrected chi connectivity index (χ1v) is 15.1. The molecule has 1 N–H and O–H groups in total. The second-order valence-electron chi connectivity index (χ2n) is 9.83. The van der Waals surface area contributed by atoms with Gasteiger partial charge in [-0.25, -0.2) is 4.68 Å². The van der Waals surface area contributed by atoms with Crippen molar-refractivity contribution >= 4 is 41.0 Å². The molecule has 0 aliphatic carbocycles. The summed E-state index contributed by atoms with van der Waals surface area (Å²) in [5, 5.41) is 8.14. The maximum absolute atomic E-state index is 13.9. The molecule has 0 fully saturated rings. The summed E-state index contributed by atoms with van der Waals surface area (Å²) in [7, 11) is 1.63. The zero-order valence-electron chi connectivity index (χ0n) is 23.3. The number of para-hydroxylation sites is 2. The minimum absolute atomic E-state index is 0.141. The predicted molar refractivity (Wildman–Crippen MR) is 170 cm³/mol. The van der Waals surface area contributed by atoms with Gasteiger partial charge in [0.1, 0.15) is 18.1 Å². The highest BCUT2D eigenvalue weighted by Gasteiger charge is 2.38. The van der Waals surface area contributed by atoms with Crippen molar-refractivity contribution in [3.63, 3.8) is 0 Å². The number of rotatable bonds is 8. The predicted octanol–water partition coefficient (Wildman–Crippen LogP) is 6.08. The van der Waals surface area contributed by atoms with Crippen LogP contribution < -0.4 is 15.0 Å². The lowest BCUT2D eigenvalue weighted by Gasteiger charge is -2.24. The van der Waals surface area contributed by atoms with Crippen LogP contribution in [0.15, 0.2) is 103 Å². The van der Waals surface area contributed by atoms with Crippen molar-refractivity contribution in [2.75, 3.05) is 24.3 Å². The number of fused-ring (bicyclic) bond motifs is 1. The smallest absolute Gasteiger partial charge is 0.240 e. The Morgan fingerprint density at radius 1 is 1.00 bits per heavy atom. The van der Waals surface area contributed by atoms with Crippen molar-refractivity contribution in [2.45, 2.75) is 11.8 Å². The van der Waals surface area contributed by atoms with Crippen molar-refractivity contribution in [3.05, 3.63) is 125 Å². The number of aromatic nitrogens is 3. The fraction of sp³-hybridized carbons (Fsp3) is 0.152. The Morgan fingerprint density at radius 2 is 1.74 bits per heavy atom. The summed E-state index contributed by atoms with van der Waals surface area (Å²) in [6, 6.07) is 30.5. The van der Waals surface area contributed by atoms with Crippen LogP contribution in [0.2, 0.25) is 5.02 Å². The molecule has 3 aromatic carbocycles. The van der Waals surface area contributed by atoms with E-state index in [1.165, 1.54) is 16.7 Å². The summed E-state index contributed by atoms with van der Waals surface area (Å²) in [5.41, 5.74) is 4.58. The van der Waals surface area contributed by atoms with Crippen LogP contribution in [-0.4, -0.2) is 46.0 Å². The number of ether oxygens (including phenoxy) is 1. The zero-order valence-corrected chi connectivity index (χ0v) is 24.9. The fourth-order valence-corrected chi connectivity index (χ4v) is 6.58. The van der Waals surface area contributed by atoms with Crippen LogP contribution in [0.3, 0.4) is 0 Å². The van der Waals surface area contributed by atoms with Crippen LogP contribution in [0.5, 0.6) is 5.75 Å². The third-order valence-corrected chi connectivity index (χ3v) is 8.69. The van der Waals surface area contributed by atoms with Gasteiger partial charge in [-0.2, -0.15) is 5.10 Å². The van der Waals surface area contributed by atoms with E-state index in [0.717, 1.165) is 22.4 Å². The average Bonchev–Trinajstić information content (AvgIpc) is 3.37. The van der Waals surface area contributed by atoms with Gasteiger partial charge in [-0.1, -0.05) is 78.3 Å². The van der Waals surface area contributed by atoms with Gasteiger partial charge in [0.05, 0.1) is 46.8 Å². The quantitative estimate of drug-likeness (QED) is 0.229. The first-order chi connectivity index (χ1) is 21.0. The van der Waals surface area contributed by atoms with Gasteiger partial charge >= 0.3 is 0 Å². The largest absolute Gasteiger partial charge is 0.496 e. The molecule has 0 bridgehead atoms. The standard InChI is InChI=1S/C33H28ClN5O3S/c1-42-27-17-8-5-14-24(27)32-30-31(22-11-3-2-4-12-22)37-39(26-16-7-6-15-25(26)34)33(30)38(29(41)21-43-32)20-28(40)36-19-23-13-9-10-18-35-23/h2-18,32H,19-21H2,1H3,(H,36,40). The van der Waals surface area contributed by atoms with E-state index in [2.05, 4.69) is 10.3 Å². The van der Waals surface area contributed by atoms with Gasteiger partial charge in [0.2, 0.25) is 11.8 Å². The Bertz CT molecular complexity index is 1760. The van der Waals surface area contributed by atoms with Crippen LogP contribution in [0.25, 0.3) is 16.9 Å². The molecule has 1 aliphatic heterocycles. The molecule has 0 saturated carbocycles.